The first-order chi connectivity index (χ1) is 15.0. The summed E-state index contributed by atoms with van der Waals surface area (Å²) >= 11 is 0. The number of hydrazine groups is 1. The van der Waals surface area contributed by atoms with Crippen molar-refractivity contribution in [2.45, 2.75) is 0 Å². The summed E-state index contributed by atoms with van der Waals surface area (Å²) in [6.45, 7) is -0.0440. The van der Waals surface area contributed by atoms with Gasteiger partial charge < -0.3 is 24.1 Å². The van der Waals surface area contributed by atoms with E-state index in [0.29, 0.717) is 28.6 Å². The largest absolute Gasteiger partial charge is 0.497 e. The van der Waals surface area contributed by atoms with Crippen molar-refractivity contribution in [3.8, 4) is 28.6 Å². The van der Waals surface area contributed by atoms with Gasteiger partial charge in [-0.15, -0.1) is 0 Å². The van der Waals surface area contributed by atoms with Crippen LogP contribution in [0.4, 0.5) is 5.69 Å². The fraction of sp³-hybridized carbons (Fsp3) is 0.190. The highest BCUT2D eigenvalue weighted by Crippen LogP contribution is 2.33. The van der Waals surface area contributed by atoms with E-state index in [1.807, 2.05) is 0 Å². The zero-order valence-electron chi connectivity index (χ0n) is 17.2. The Labute approximate surface area is 178 Å². The predicted octanol–water partition coefficient (Wildman–Crippen LogP) is 2.24. The molecule has 0 aliphatic heterocycles. The molecule has 0 bridgehead atoms. The summed E-state index contributed by atoms with van der Waals surface area (Å²) in [4.78, 5) is 24.2. The van der Waals surface area contributed by atoms with Crippen molar-refractivity contribution in [3.05, 3.63) is 54.2 Å². The van der Waals surface area contributed by atoms with Gasteiger partial charge in [0.25, 0.3) is 11.8 Å². The molecule has 2 amide bonds. The van der Waals surface area contributed by atoms with Crippen LogP contribution in [0.3, 0.4) is 0 Å². The Kier molecular flexibility index (Phi) is 6.94. The monoisotopic (exact) mass is 426 g/mol. The van der Waals surface area contributed by atoms with Crippen molar-refractivity contribution in [3.63, 3.8) is 0 Å². The lowest BCUT2D eigenvalue weighted by Gasteiger charge is -2.08. The van der Waals surface area contributed by atoms with Crippen LogP contribution < -0.4 is 30.4 Å². The Morgan fingerprint density at radius 2 is 1.61 bits per heavy atom. The number of anilines is 1. The number of aromatic nitrogens is 1. The Morgan fingerprint density at radius 3 is 2.29 bits per heavy atom. The van der Waals surface area contributed by atoms with E-state index in [9.17, 15) is 9.59 Å². The molecule has 0 atom stereocenters. The number of amides is 2. The molecule has 0 radical (unpaired) electrons. The van der Waals surface area contributed by atoms with Gasteiger partial charge in [-0.25, -0.2) is 0 Å². The maximum atomic E-state index is 12.3. The van der Waals surface area contributed by atoms with E-state index in [1.165, 1.54) is 20.3 Å². The van der Waals surface area contributed by atoms with Gasteiger partial charge in [-0.1, -0.05) is 5.16 Å². The van der Waals surface area contributed by atoms with Gasteiger partial charge in [-0.3, -0.25) is 20.4 Å². The van der Waals surface area contributed by atoms with Gasteiger partial charge in [0, 0.05) is 11.8 Å². The van der Waals surface area contributed by atoms with Crippen LogP contribution in [0.25, 0.3) is 11.3 Å². The van der Waals surface area contributed by atoms with Gasteiger partial charge in [0.1, 0.15) is 17.2 Å². The first kappa shape index (κ1) is 21.5. The van der Waals surface area contributed by atoms with Gasteiger partial charge in [-0.05, 0) is 42.5 Å². The molecule has 0 saturated heterocycles. The summed E-state index contributed by atoms with van der Waals surface area (Å²) in [7, 11) is 4.63. The average Bonchev–Trinajstić information content (AvgIpc) is 3.31. The Morgan fingerprint density at radius 1 is 0.903 bits per heavy atom. The van der Waals surface area contributed by atoms with Crippen LogP contribution >= 0.6 is 0 Å². The average molecular weight is 426 g/mol. The minimum Gasteiger partial charge on any atom is -0.497 e. The van der Waals surface area contributed by atoms with Crippen LogP contribution in [0.15, 0.2) is 53.1 Å². The van der Waals surface area contributed by atoms with Crippen molar-refractivity contribution in [2.75, 3.05) is 33.2 Å². The number of nitrogens with one attached hydrogen (secondary N) is 3. The topological polar surface area (TPSA) is 124 Å². The SMILES string of the molecule is COc1ccc(NCC(=O)NNC(=O)c2cc(-c3cc(OC)ccc3OC)on2)cc1. The number of hydrogen-bond acceptors (Lipinski definition) is 8. The smallest absolute Gasteiger partial charge is 0.291 e. The molecule has 162 valence electrons. The van der Waals surface area contributed by atoms with E-state index in [1.54, 1.807) is 49.6 Å². The quantitative estimate of drug-likeness (QED) is 0.469. The second-order valence-corrected chi connectivity index (χ2v) is 6.23. The Bertz CT molecular complexity index is 1050. The normalized spacial score (nSPS) is 10.2. The van der Waals surface area contributed by atoms with Gasteiger partial charge >= 0.3 is 0 Å². The Balaban J connectivity index is 1.55. The number of nitrogens with zero attached hydrogens (tertiary/aromatic N) is 1. The number of hydrogen-bond donors (Lipinski definition) is 3. The molecule has 0 fully saturated rings. The van der Waals surface area contributed by atoms with E-state index >= 15 is 0 Å². The van der Waals surface area contributed by atoms with Crippen molar-refractivity contribution >= 4 is 17.5 Å². The molecule has 0 spiro atoms. The number of methoxy groups -OCH3 is 3. The van der Waals surface area contributed by atoms with E-state index in [0.717, 1.165) is 5.69 Å². The fourth-order valence-corrected chi connectivity index (χ4v) is 2.64. The summed E-state index contributed by atoms with van der Waals surface area (Å²) < 4.78 is 20.9. The molecule has 10 nitrogen and oxygen atoms in total. The molecule has 0 aliphatic carbocycles. The van der Waals surface area contributed by atoms with E-state index in [-0.39, 0.29) is 12.2 Å². The summed E-state index contributed by atoms with van der Waals surface area (Å²) in [5, 5.41) is 6.68. The standard InChI is InChI=1S/C21H22N4O6/c1-28-14-6-4-13(5-7-14)22-12-20(26)23-24-21(27)17-11-19(31-25-17)16-10-15(29-2)8-9-18(16)30-3/h4-11,22H,12H2,1-3H3,(H,23,26)(H,24,27). The molecule has 3 N–H and O–H groups in total. The van der Waals surface area contributed by atoms with Crippen molar-refractivity contribution in [1.29, 1.82) is 0 Å². The Hall–Kier alpha value is -4.21. The van der Waals surface area contributed by atoms with Crippen LogP contribution in [-0.4, -0.2) is 44.8 Å². The third-order valence-electron chi connectivity index (χ3n) is 4.27. The highest BCUT2D eigenvalue weighted by molar-refractivity contribution is 5.95. The van der Waals surface area contributed by atoms with Crippen LogP contribution in [0.5, 0.6) is 17.2 Å². The van der Waals surface area contributed by atoms with Gasteiger partial charge in [0.2, 0.25) is 0 Å². The van der Waals surface area contributed by atoms with Crippen molar-refractivity contribution in [2.24, 2.45) is 0 Å². The number of carbonyl (C=O) groups is 2. The minimum absolute atomic E-state index is 0.0108. The lowest BCUT2D eigenvalue weighted by molar-refractivity contribution is -0.120. The second-order valence-electron chi connectivity index (χ2n) is 6.23. The summed E-state index contributed by atoms with van der Waals surface area (Å²) in [6.07, 6.45) is 0. The first-order valence-electron chi connectivity index (χ1n) is 9.20. The van der Waals surface area contributed by atoms with E-state index in [2.05, 4.69) is 21.3 Å². The third kappa shape index (κ3) is 5.44. The molecule has 3 rings (SSSR count). The number of benzene rings is 2. The molecule has 0 unspecified atom stereocenters. The van der Waals surface area contributed by atoms with Crippen LogP contribution in [0.2, 0.25) is 0 Å². The minimum atomic E-state index is -0.630. The van der Waals surface area contributed by atoms with Crippen molar-refractivity contribution < 1.29 is 28.3 Å². The van der Waals surface area contributed by atoms with Gasteiger partial charge in [-0.2, -0.15) is 0 Å². The second kappa shape index (κ2) is 10.0. The summed E-state index contributed by atoms with van der Waals surface area (Å²) in [6, 6.07) is 13.7. The maximum Gasteiger partial charge on any atom is 0.291 e. The van der Waals surface area contributed by atoms with Crippen LogP contribution in [0.1, 0.15) is 10.5 Å². The third-order valence-corrected chi connectivity index (χ3v) is 4.27. The van der Waals surface area contributed by atoms with Gasteiger partial charge in [0.15, 0.2) is 11.5 Å². The zero-order chi connectivity index (χ0) is 22.2. The summed E-state index contributed by atoms with van der Waals surface area (Å²) in [5.74, 6) is 1.07. The lowest BCUT2D eigenvalue weighted by Crippen LogP contribution is -2.44. The number of rotatable bonds is 8. The highest BCUT2D eigenvalue weighted by atomic mass is 16.5. The molecule has 2 aromatic carbocycles. The molecule has 1 heterocycles. The molecule has 3 aromatic rings. The molecular formula is C21H22N4O6. The summed E-state index contributed by atoms with van der Waals surface area (Å²) in [5.41, 5.74) is 5.90. The van der Waals surface area contributed by atoms with E-state index in [4.69, 9.17) is 18.7 Å². The molecule has 1 aromatic heterocycles. The lowest BCUT2D eigenvalue weighted by atomic mass is 10.1. The molecular weight excluding hydrogens is 404 g/mol. The van der Waals surface area contributed by atoms with E-state index < -0.39 is 11.8 Å². The van der Waals surface area contributed by atoms with Gasteiger partial charge in [0.05, 0.1) is 33.4 Å². The molecule has 0 saturated carbocycles. The number of ether oxygens (including phenoxy) is 3. The fourth-order valence-electron chi connectivity index (χ4n) is 2.64. The molecule has 10 heteroatoms. The number of carbonyl (C=O) groups excluding carboxylic acids is 2. The van der Waals surface area contributed by atoms with Crippen LogP contribution in [0, 0.1) is 0 Å². The zero-order valence-corrected chi connectivity index (χ0v) is 17.2. The predicted molar refractivity (Wildman–Crippen MR) is 112 cm³/mol. The van der Waals surface area contributed by atoms with Crippen LogP contribution in [-0.2, 0) is 4.79 Å². The first-order valence-corrected chi connectivity index (χ1v) is 9.20. The van der Waals surface area contributed by atoms with Crippen molar-refractivity contribution in [1.82, 2.24) is 16.0 Å². The highest BCUT2D eigenvalue weighted by Gasteiger charge is 2.17. The maximum absolute atomic E-state index is 12.3. The molecule has 31 heavy (non-hydrogen) atoms. The molecule has 0 aliphatic rings.